The van der Waals surface area contributed by atoms with Crippen LogP contribution >= 0.6 is 0 Å². The lowest BCUT2D eigenvalue weighted by Crippen LogP contribution is -2.06. The fourth-order valence-corrected chi connectivity index (χ4v) is 5.20. The molecule has 0 saturated heterocycles. The maximum Gasteiger partial charge on any atom is 0.210 e. The first-order valence-electron chi connectivity index (χ1n) is 10.8. The number of hydrogen-bond donors (Lipinski definition) is 1. The Bertz CT molecular complexity index is 1610. The molecule has 176 valence electrons. The molecule has 1 N–H and O–H groups in total. The number of hydrogen-bond acceptors (Lipinski definition) is 7. The van der Waals surface area contributed by atoms with Gasteiger partial charge >= 0.3 is 0 Å². The van der Waals surface area contributed by atoms with Gasteiger partial charge in [0.05, 0.1) is 23.9 Å². The molecule has 0 aliphatic carbocycles. The minimum Gasteiger partial charge on any atom is -0.495 e. The number of pyridine rings is 1. The molecule has 0 radical (unpaired) electrons. The highest BCUT2D eigenvalue weighted by Crippen LogP contribution is 2.31. The van der Waals surface area contributed by atoms with E-state index in [-0.39, 0.29) is 27.7 Å². The third-order valence-electron chi connectivity index (χ3n) is 5.69. The van der Waals surface area contributed by atoms with Gasteiger partial charge in [-0.1, -0.05) is 12.1 Å². The Morgan fingerprint density at radius 3 is 2.66 bits per heavy atom. The maximum atomic E-state index is 13.3. The van der Waals surface area contributed by atoms with E-state index in [1.165, 1.54) is 19.4 Å². The Labute approximate surface area is 201 Å². The van der Waals surface area contributed by atoms with E-state index in [1.807, 2.05) is 0 Å². The highest BCUT2D eigenvalue weighted by Gasteiger charge is 2.23. The van der Waals surface area contributed by atoms with Crippen molar-refractivity contribution < 1.29 is 17.9 Å². The average Bonchev–Trinajstić information content (AvgIpc) is 3.59. The van der Waals surface area contributed by atoms with Crippen molar-refractivity contribution in [2.45, 2.75) is 22.6 Å². The second kappa shape index (κ2) is 9.15. The zero-order chi connectivity index (χ0) is 24.4. The molecule has 3 heterocycles. The second-order valence-corrected chi connectivity index (χ2v) is 9.81. The predicted molar refractivity (Wildman–Crippen MR) is 129 cm³/mol. The van der Waals surface area contributed by atoms with E-state index in [2.05, 4.69) is 20.3 Å². The van der Waals surface area contributed by atoms with Crippen LogP contribution in [0.2, 0.25) is 0 Å². The van der Waals surface area contributed by atoms with Gasteiger partial charge in [-0.25, -0.2) is 18.1 Å². The number of aromatic nitrogens is 5. The van der Waals surface area contributed by atoms with E-state index in [1.54, 1.807) is 71.8 Å². The first kappa shape index (κ1) is 22.5. The summed E-state index contributed by atoms with van der Waals surface area (Å²) in [7, 11) is -2.38. The summed E-state index contributed by atoms with van der Waals surface area (Å²) >= 11 is 0. The molecule has 5 rings (SSSR count). The SMILES string of the molecule is COc1cc(-n2cccn2)ccc1S(=O)(=O)c1ccc(CCC(=O)c2cnc3[nH]ncc3c2)cc1. The lowest BCUT2D eigenvalue weighted by Gasteiger charge is -2.12. The molecule has 3 aromatic heterocycles. The molecule has 5 aromatic rings. The molecule has 0 bridgehead atoms. The van der Waals surface area contributed by atoms with Gasteiger partial charge in [-0.2, -0.15) is 10.2 Å². The van der Waals surface area contributed by atoms with Crippen molar-refractivity contribution in [1.82, 2.24) is 25.0 Å². The first-order chi connectivity index (χ1) is 17.0. The van der Waals surface area contributed by atoms with Crippen LogP contribution in [0.25, 0.3) is 16.7 Å². The molecule has 0 spiro atoms. The number of H-pyrrole nitrogens is 1. The summed E-state index contributed by atoms with van der Waals surface area (Å²) in [5, 5.41) is 11.6. The number of aromatic amines is 1. The summed E-state index contributed by atoms with van der Waals surface area (Å²) in [5.41, 5.74) is 2.69. The van der Waals surface area contributed by atoms with Crippen LogP contribution in [0, 0.1) is 0 Å². The number of carbonyl (C=O) groups excluding carboxylic acids is 1. The minimum atomic E-state index is -3.81. The van der Waals surface area contributed by atoms with Crippen molar-refractivity contribution in [3.05, 3.63) is 90.5 Å². The quantitative estimate of drug-likeness (QED) is 0.331. The van der Waals surface area contributed by atoms with E-state index < -0.39 is 9.84 Å². The van der Waals surface area contributed by atoms with Gasteiger partial charge in [0.2, 0.25) is 9.84 Å². The molecule has 9 nitrogen and oxygen atoms in total. The highest BCUT2D eigenvalue weighted by atomic mass is 32.2. The maximum absolute atomic E-state index is 13.3. The van der Waals surface area contributed by atoms with Crippen LogP contribution < -0.4 is 4.74 Å². The molecule has 0 aliphatic heterocycles. The van der Waals surface area contributed by atoms with Crippen molar-refractivity contribution in [2.75, 3.05) is 7.11 Å². The number of methoxy groups -OCH3 is 1. The van der Waals surface area contributed by atoms with Crippen LogP contribution in [0.4, 0.5) is 0 Å². The molecule has 0 saturated carbocycles. The summed E-state index contributed by atoms with van der Waals surface area (Å²) < 4.78 is 33.6. The number of aryl methyl sites for hydroxylation is 1. The normalized spacial score (nSPS) is 11.6. The smallest absolute Gasteiger partial charge is 0.210 e. The largest absolute Gasteiger partial charge is 0.495 e. The molecule has 0 aliphatic rings. The number of nitrogens with one attached hydrogen (secondary N) is 1. The van der Waals surface area contributed by atoms with Gasteiger partial charge in [0.15, 0.2) is 11.4 Å². The number of fused-ring (bicyclic) bond motifs is 1. The van der Waals surface area contributed by atoms with Gasteiger partial charge < -0.3 is 4.74 Å². The summed E-state index contributed by atoms with van der Waals surface area (Å²) in [6, 6.07) is 14.9. The first-order valence-corrected chi connectivity index (χ1v) is 12.3. The van der Waals surface area contributed by atoms with Crippen LogP contribution in [0.5, 0.6) is 5.75 Å². The fraction of sp³-hybridized carbons (Fsp3) is 0.120. The number of ketones is 1. The van der Waals surface area contributed by atoms with Crippen LogP contribution in [0.15, 0.2) is 89.2 Å². The van der Waals surface area contributed by atoms with Crippen molar-refractivity contribution in [1.29, 1.82) is 0 Å². The topological polar surface area (TPSA) is 120 Å². The molecule has 0 amide bonds. The number of Topliss-reactive ketones (excluding diaryl/α,β-unsaturated/α-hetero) is 1. The van der Waals surface area contributed by atoms with Gasteiger partial charge in [0.1, 0.15) is 10.6 Å². The standard InChI is InChI=1S/C25H21N5O4S/c1-34-23-14-20(30-12-2-11-28-30)6-10-24(23)35(32,33)21-7-3-17(4-8-21)5-9-22(31)18-13-19-16-27-29-25(19)26-15-18/h2-4,6-8,10-16H,5,9H2,1H3,(H,26,27,29). The third-order valence-corrected chi connectivity index (χ3v) is 7.50. The summed E-state index contributed by atoms with van der Waals surface area (Å²) in [6.45, 7) is 0. The van der Waals surface area contributed by atoms with E-state index in [4.69, 9.17) is 4.74 Å². The molecule has 0 atom stereocenters. The fourth-order valence-electron chi connectivity index (χ4n) is 3.80. The molecule has 0 unspecified atom stereocenters. The van der Waals surface area contributed by atoms with E-state index in [0.717, 1.165) is 10.9 Å². The van der Waals surface area contributed by atoms with Crippen molar-refractivity contribution in [3.8, 4) is 11.4 Å². The van der Waals surface area contributed by atoms with Gasteiger partial charge in [0, 0.05) is 42.0 Å². The minimum absolute atomic E-state index is 0.0423. The number of carbonyl (C=O) groups is 1. The number of sulfone groups is 1. The number of rotatable bonds is 8. The van der Waals surface area contributed by atoms with Gasteiger partial charge in [-0.15, -0.1) is 0 Å². The van der Waals surface area contributed by atoms with Crippen molar-refractivity contribution in [2.24, 2.45) is 0 Å². The summed E-state index contributed by atoms with van der Waals surface area (Å²) in [4.78, 5) is 17.0. The van der Waals surface area contributed by atoms with Crippen molar-refractivity contribution in [3.63, 3.8) is 0 Å². The summed E-state index contributed by atoms with van der Waals surface area (Å²) in [6.07, 6.45) is 7.31. The molecule has 10 heteroatoms. The van der Waals surface area contributed by atoms with E-state index in [9.17, 15) is 13.2 Å². The van der Waals surface area contributed by atoms with E-state index in [0.29, 0.717) is 23.3 Å². The zero-order valence-electron chi connectivity index (χ0n) is 18.7. The Balaban J connectivity index is 1.31. The third kappa shape index (κ3) is 4.43. The monoisotopic (exact) mass is 487 g/mol. The Kier molecular flexibility index (Phi) is 5.87. The van der Waals surface area contributed by atoms with Crippen molar-refractivity contribution >= 4 is 26.7 Å². The average molecular weight is 488 g/mol. The summed E-state index contributed by atoms with van der Waals surface area (Å²) in [5.74, 6) is 0.190. The number of benzene rings is 2. The Hall–Kier alpha value is -4.31. The van der Waals surface area contributed by atoms with E-state index >= 15 is 0 Å². The molecule has 2 aromatic carbocycles. The zero-order valence-corrected chi connectivity index (χ0v) is 19.6. The van der Waals surface area contributed by atoms with Gasteiger partial charge in [-0.05, 0) is 48.4 Å². The number of nitrogens with zero attached hydrogens (tertiary/aromatic N) is 4. The molecule has 0 fully saturated rings. The predicted octanol–water partition coefficient (Wildman–Crippen LogP) is 3.80. The highest BCUT2D eigenvalue weighted by molar-refractivity contribution is 7.91. The van der Waals surface area contributed by atoms with Crippen LogP contribution in [-0.2, 0) is 16.3 Å². The lowest BCUT2D eigenvalue weighted by molar-refractivity contribution is 0.0982. The Morgan fingerprint density at radius 1 is 1.09 bits per heavy atom. The molecular weight excluding hydrogens is 466 g/mol. The van der Waals surface area contributed by atoms with Crippen LogP contribution in [0.3, 0.4) is 0 Å². The van der Waals surface area contributed by atoms with Gasteiger partial charge in [-0.3, -0.25) is 9.89 Å². The second-order valence-electron chi connectivity index (χ2n) is 7.89. The molecule has 35 heavy (non-hydrogen) atoms. The van der Waals surface area contributed by atoms with Crippen LogP contribution in [0.1, 0.15) is 22.3 Å². The Morgan fingerprint density at radius 2 is 1.91 bits per heavy atom. The van der Waals surface area contributed by atoms with Crippen LogP contribution in [-0.4, -0.2) is 46.3 Å². The molecular formula is C25H21N5O4S. The lowest BCUT2D eigenvalue weighted by atomic mass is 10.0. The number of ether oxygens (including phenoxy) is 1. The van der Waals surface area contributed by atoms with Gasteiger partial charge in [0.25, 0.3) is 0 Å².